The van der Waals surface area contributed by atoms with Gasteiger partial charge in [0.1, 0.15) is 5.82 Å². The maximum atomic E-state index is 13.2. The predicted molar refractivity (Wildman–Crippen MR) is 74.2 cm³/mol. The minimum atomic E-state index is -0.599. The molecule has 0 spiro atoms. The maximum absolute atomic E-state index is 13.2. The lowest BCUT2D eigenvalue weighted by Gasteiger charge is -2.23. The number of amides is 2. The number of rotatable bonds is 3. The van der Waals surface area contributed by atoms with Crippen LogP contribution in [0, 0.1) is 11.2 Å². The normalized spacial score (nSPS) is 18.2. The van der Waals surface area contributed by atoms with Gasteiger partial charge in [0.25, 0.3) is 0 Å². The van der Waals surface area contributed by atoms with Crippen LogP contribution in [0.2, 0.25) is 0 Å². The van der Waals surface area contributed by atoms with Gasteiger partial charge in [0.2, 0.25) is 11.8 Å². The van der Waals surface area contributed by atoms with Crippen molar-refractivity contribution in [3.05, 3.63) is 28.5 Å². The number of benzene rings is 1. The Hall–Kier alpha value is -1.23. The molecule has 0 saturated carbocycles. The molecule has 2 amide bonds. The number of carbonyl (C=O) groups excluding carboxylic acids is 2. The molecule has 1 aliphatic rings. The Morgan fingerprint density at radius 1 is 1.32 bits per heavy atom. The third kappa shape index (κ3) is 2.20. The van der Waals surface area contributed by atoms with Crippen LogP contribution in [0.15, 0.2) is 22.7 Å². The number of nitrogens with zero attached hydrogens (tertiary/aromatic N) is 1. The number of halogens is 2. The highest BCUT2D eigenvalue weighted by Gasteiger charge is 2.49. The molecule has 0 N–H and O–H groups in total. The summed E-state index contributed by atoms with van der Waals surface area (Å²) in [6.07, 6.45) is 1.49. The highest BCUT2D eigenvalue weighted by atomic mass is 79.9. The van der Waals surface area contributed by atoms with Crippen LogP contribution in [-0.2, 0) is 9.59 Å². The lowest BCUT2D eigenvalue weighted by Crippen LogP contribution is -2.35. The summed E-state index contributed by atoms with van der Waals surface area (Å²) < 4.78 is 13.5. The molecule has 102 valence electrons. The van der Waals surface area contributed by atoms with E-state index in [2.05, 4.69) is 15.9 Å². The van der Waals surface area contributed by atoms with Crippen LogP contribution in [0.1, 0.15) is 33.1 Å². The molecule has 19 heavy (non-hydrogen) atoms. The van der Waals surface area contributed by atoms with E-state index in [4.69, 9.17) is 0 Å². The van der Waals surface area contributed by atoms with Crippen LogP contribution in [0.4, 0.5) is 10.1 Å². The molecule has 0 atom stereocenters. The Morgan fingerprint density at radius 2 is 1.95 bits per heavy atom. The summed E-state index contributed by atoms with van der Waals surface area (Å²) in [6, 6.07) is 4.17. The summed E-state index contributed by atoms with van der Waals surface area (Å²) in [5.41, 5.74) is -0.176. The first-order valence-corrected chi connectivity index (χ1v) is 7.07. The Labute approximate surface area is 119 Å². The molecule has 3 nitrogen and oxygen atoms in total. The van der Waals surface area contributed by atoms with Crippen molar-refractivity contribution in [2.45, 2.75) is 33.1 Å². The summed E-state index contributed by atoms with van der Waals surface area (Å²) in [5.74, 6) is -0.812. The molecule has 0 aromatic heterocycles. The molecule has 0 bridgehead atoms. The zero-order chi connectivity index (χ0) is 14.2. The fourth-order valence-corrected chi connectivity index (χ4v) is 2.85. The lowest BCUT2D eigenvalue weighted by molar-refractivity contribution is -0.126. The summed E-state index contributed by atoms with van der Waals surface area (Å²) >= 11 is 3.07. The molecule has 0 aliphatic carbocycles. The van der Waals surface area contributed by atoms with Crippen molar-refractivity contribution in [2.75, 3.05) is 4.90 Å². The molecule has 2 rings (SSSR count). The van der Waals surface area contributed by atoms with E-state index >= 15 is 0 Å². The quantitative estimate of drug-likeness (QED) is 0.794. The van der Waals surface area contributed by atoms with Gasteiger partial charge in [-0.2, -0.15) is 0 Å². The van der Waals surface area contributed by atoms with Crippen molar-refractivity contribution in [1.82, 2.24) is 0 Å². The van der Waals surface area contributed by atoms with E-state index in [0.29, 0.717) is 18.5 Å². The molecular weight excluding hydrogens is 313 g/mol. The average Bonchev–Trinajstić information content (AvgIpc) is 2.65. The summed E-state index contributed by atoms with van der Waals surface area (Å²) in [7, 11) is 0. The van der Waals surface area contributed by atoms with Crippen molar-refractivity contribution in [3.8, 4) is 0 Å². The van der Waals surface area contributed by atoms with Crippen LogP contribution in [0.5, 0.6) is 0 Å². The van der Waals surface area contributed by atoms with Crippen molar-refractivity contribution in [1.29, 1.82) is 0 Å². The highest BCUT2D eigenvalue weighted by Crippen LogP contribution is 2.41. The van der Waals surface area contributed by atoms with E-state index in [1.165, 1.54) is 23.1 Å². The summed E-state index contributed by atoms with van der Waals surface area (Å²) in [4.78, 5) is 25.8. The largest absolute Gasteiger partial charge is 0.274 e. The molecular formula is C14H15BrFNO2. The molecule has 1 fully saturated rings. The zero-order valence-electron chi connectivity index (χ0n) is 10.9. The molecule has 1 heterocycles. The first-order valence-electron chi connectivity index (χ1n) is 6.27. The predicted octanol–water partition coefficient (Wildman–Crippen LogP) is 3.66. The second-order valence-corrected chi connectivity index (χ2v) is 5.65. The SMILES string of the molecule is CCC1(CC)CC(=O)N(c2ccc(F)c(Br)c2)C1=O. The molecule has 1 aromatic rings. The molecule has 1 saturated heterocycles. The third-order valence-electron chi connectivity index (χ3n) is 3.91. The summed E-state index contributed by atoms with van der Waals surface area (Å²) in [6.45, 7) is 3.83. The number of anilines is 1. The molecule has 5 heteroatoms. The van der Waals surface area contributed by atoms with E-state index in [1.54, 1.807) is 0 Å². The van der Waals surface area contributed by atoms with Crippen LogP contribution < -0.4 is 4.90 Å². The monoisotopic (exact) mass is 327 g/mol. The second kappa shape index (κ2) is 5.04. The van der Waals surface area contributed by atoms with Gasteiger partial charge in [-0.1, -0.05) is 13.8 Å². The molecule has 1 aromatic carbocycles. The van der Waals surface area contributed by atoms with Crippen molar-refractivity contribution in [2.24, 2.45) is 5.41 Å². The van der Waals surface area contributed by atoms with Crippen LogP contribution >= 0.6 is 15.9 Å². The molecule has 1 aliphatic heterocycles. The van der Waals surface area contributed by atoms with E-state index in [1.807, 2.05) is 13.8 Å². The Morgan fingerprint density at radius 3 is 2.42 bits per heavy atom. The smallest absolute Gasteiger partial charge is 0.240 e. The maximum Gasteiger partial charge on any atom is 0.240 e. The topological polar surface area (TPSA) is 37.4 Å². The zero-order valence-corrected chi connectivity index (χ0v) is 12.5. The van der Waals surface area contributed by atoms with E-state index in [9.17, 15) is 14.0 Å². The Balaban J connectivity index is 2.43. The van der Waals surface area contributed by atoms with Gasteiger partial charge < -0.3 is 0 Å². The lowest BCUT2D eigenvalue weighted by atomic mass is 9.81. The van der Waals surface area contributed by atoms with Gasteiger partial charge in [0.05, 0.1) is 15.6 Å². The van der Waals surface area contributed by atoms with E-state index in [-0.39, 0.29) is 22.7 Å². The number of hydrogen-bond acceptors (Lipinski definition) is 2. The second-order valence-electron chi connectivity index (χ2n) is 4.80. The van der Waals surface area contributed by atoms with Gasteiger partial charge in [0.15, 0.2) is 0 Å². The van der Waals surface area contributed by atoms with E-state index < -0.39 is 11.2 Å². The van der Waals surface area contributed by atoms with Gasteiger partial charge in [0, 0.05) is 6.42 Å². The molecule has 0 radical (unpaired) electrons. The van der Waals surface area contributed by atoms with Gasteiger partial charge >= 0.3 is 0 Å². The Bertz CT molecular complexity index is 540. The van der Waals surface area contributed by atoms with Gasteiger partial charge in [-0.25, -0.2) is 4.39 Å². The first-order chi connectivity index (χ1) is 8.95. The standard InChI is InChI=1S/C14H15BrFNO2/c1-3-14(4-2)8-12(18)17(13(14)19)9-5-6-11(16)10(15)7-9/h5-7H,3-4,8H2,1-2H3. The number of imide groups is 1. The summed E-state index contributed by atoms with van der Waals surface area (Å²) in [5, 5.41) is 0. The van der Waals surface area contributed by atoms with Crippen molar-refractivity contribution in [3.63, 3.8) is 0 Å². The third-order valence-corrected chi connectivity index (χ3v) is 4.52. The fourth-order valence-electron chi connectivity index (χ4n) is 2.48. The van der Waals surface area contributed by atoms with Crippen LogP contribution in [0.3, 0.4) is 0 Å². The first kappa shape index (κ1) is 14.2. The van der Waals surface area contributed by atoms with Crippen LogP contribution in [-0.4, -0.2) is 11.8 Å². The van der Waals surface area contributed by atoms with E-state index in [0.717, 1.165) is 0 Å². The average molecular weight is 328 g/mol. The van der Waals surface area contributed by atoms with Crippen LogP contribution in [0.25, 0.3) is 0 Å². The van der Waals surface area contributed by atoms with Gasteiger partial charge in [-0.3, -0.25) is 14.5 Å². The number of carbonyl (C=O) groups is 2. The minimum absolute atomic E-state index is 0.180. The van der Waals surface area contributed by atoms with Crippen molar-refractivity contribution < 1.29 is 14.0 Å². The van der Waals surface area contributed by atoms with Gasteiger partial charge in [-0.15, -0.1) is 0 Å². The highest BCUT2D eigenvalue weighted by molar-refractivity contribution is 9.10. The van der Waals surface area contributed by atoms with Crippen molar-refractivity contribution >= 4 is 33.4 Å². The van der Waals surface area contributed by atoms with Gasteiger partial charge in [-0.05, 0) is 47.0 Å². The molecule has 0 unspecified atom stereocenters. The minimum Gasteiger partial charge on any atom is -0.274 e. The fraction of sp³-hybridized carbons (Fsp3) is 0.429. The Kier molecular flexibility index (Phi) is 3.76. The number of hydrogen-bond donors (Lipinski definition) is 0.